The van der Waals surface area contributed by atoms with Gasteiger partial charge in [0, 0.05) is 17.3 Å². The summed E-state index contributed by atoms with van der Waals surface area (Å²) in [5.74, 6) is 0.498. The molecule has 3 aromatic rings. The maximum atomic E-state index is 12.4. The first-order chi connectivity index (χ1) is 10.2. The van der Waals surface area contributed by atoms with E-state index in [1.54, 1.807) is 7.11 Å². The van der Waals surface area contributed by atoms with Crippen LogP contribution in [0.1, 0.15) is 15.9 Å². The molecule has 0 saturated heterocycles. The van der Waals surface area contributed by atoms with Crippen LogP contribution in [-0.2, 0) is 0 Å². The Morgan fingerprint density at radius 1 is 1.14 bits per heavy atom. The maximum absolute atomic E-state index is 12.4. The predicted molar refractivity (Wildman–Crippen MR) is 84.0 cm³/mol. The van der Waals surface area contributed by atoms with Crippen LogP contribution in [0.25, 0.3) is 10.9 Å². The number of benzene rings is 2. The molecule has 106 valence electrons. The number of hydrogen-bond donors (Lipinski definition) is 2. The first-order valence-corrected chi connectivity index (χ1v) is 6.70. The van der Waals surface area contributed by atoms with Gasteiger partial charge in [-0.3, -0.25) is 4.79 Å². The van der Waals surface area contributed by atoms with Crippen LogP contribution in [-0.4, -0.2) is 18.0 Å². The Hall–Kier alpha value is -2.75. The summed E-state index contributed by atoms with van der Waals surface area (Å²) in [6.07, 6.45) is 1.86. The van der Waals surface area contributed by atoms with Crippen LogP contribution in [0.4, 0.5) is 5.69 Å². The summed E-state index contributed by atoms with van der Waals surface area (Å²) in [5.41, 5.74) is 3.29. The molecule has 4 heteroatoms. The van der Waals surface area contributed by atoms with Crippen molar-refractivity contribution in [1.82, 2.24) is 4.98 Å². The minimum Gasteiger partial charge on any atom is -0.495 e. The lowest BCUT2D eigenvalue weighted by Crippen LogP contribution is -2.12. The van der Waals surface area contributed by atoms with E-state index < -0.39 is 0 Å². The number of ether oxygens (including phenoxy) is 1. The van der Waals surface area contributed by atoms with Crippen LogP contribution in [0.15, 0.2) is 48.7 Å². The number of fused-ring (bicyclic) bond motifs is 1. The molecule has 0 atom stereocenters. The summed E-state index contributed by atoms with van der Waals surface area (Å²) in [6, 6.07) is 13.2. The zero-order valence-corrected chi connectivity index (χ0v) is 11.9. The van der Waals surface area contributed by atoms with Gasteiger partial charge in [0.05, 0.1) is 12.8 Å². The summed E-state index contributed by atoms with van der Waals surface area (Å²) in [4.78, 5) is 15.5. The number of H-pyrrole nitrogens is 1. The smallest absolute Gasteiger partial charge is 0.255 e. The lowest BCUT2D eigenvalue weighted by atomic mass is 10.1. The Morgan fingerprint density at radius 3 is 2.81 bits per heavy atom. The molecule has 21 heavy (non-hydrogen) atoms. The molecule has 0 spiro atoms. The van der Waals surface area contributed by atoms with Gasteiger partial charge in [-0.15, -0.1) is 0 Å². The highest BCUT2D eigenvalue weighted by Crippen LogP contribution is 2.26. The second-order valence-electron chi connectivity index (χ2n) is 4.94. The minimum absolute atomic E-state index is 0.159. The first kappa shape index (κ1) is 13.2. The van der Waals surface area contributed by atoms with E-state index in [2.05, 4.69) is 10.3 Å². The molecule has 0 aliphatic rings. The van der Waals surface area contributed by atoms with Gasteiger partial charge >= 0.3 is 0 Å². The lowest BCUT2D eigenvalue weighted by Gasteiger charge is -2.11. The predicted octanol–water partition coefficient (Wildman–Crippen LogP) is 3.74. The van der Waals surface area contributed by atoms with Gasteiger partial charge in [-0.2, -0.15) is 0 Å². The third-order valence-corrected chi connectivity index (χ3v) is 3.42. The summed E-state index contributed by atoms with van der Waals surface area (Å²) < 4.78 is 5.30. The Morgan fingerprint density at radius 2 is 2.00 bits per heavy atom. The van der Waals surface area contributed by atoms with Crippen molar-refractivity contribution in [2.45, 2.75) is 6.92 Å². The maximum Gasteiger partial charge on any atom is 0.255 e. The Bertz CT molecular complexity index is 805. The fraction of sp³-hybridized carbons (Fsp3) is 0.118. The number of aromatic nitrogens is 1. The number of carbonyl (C=O) groups excluding carboxylic acids is 1. The highest BCUT2D eigenvalue weighted by molar-refractivity contribution is 6.06. The quantitative estimate of drug-likeness (QED) is 0.768. The second-order valence-corrected chi connectivity index (χ2v) is 4.94. The molecule has 1 heterocycles. The van der Waals surface area contributed by atoms with E-state index in [1.165, 1.54) is 0 Å². The van der Waals surface area contributed by atoms with Crippen LogP contribution >= 0.6 is 0 Å². The molecule has 0 saturated carbocycles. The van der Waals surface area contributed by atoms with E-state index in [1.807, 2.05) is 55.6 Å². The molecule has 1 aromatic heterocycles. The molecule has 1 amide bonds. The topological polar surface area (TPSA) is 54.1 Å². The summed E-state index contributed by atoms with van der Waals surface area (Å²) in [5, 5.41) is 3.97. The zero-order chi connectivity index (χ0) is 14.8. The van der Waals surface area contributed by atoms with Crippen molar-refractivity contribution in [1.29, 1.82) is 0 Å². The van der Waals surface area contributed by atoms with E-state index in [4.69, 9.17) is 4.74 Å². The molecule has 0 radical (unpaired) electrons. The van der Waals surface area contributed by atoms with Crippen molar-refractivity contribution >= 4 is 22.5 Å². The number of aryl methyl sites for hydroxylation is 1. The highest BCUT2D eigenvalue weighted by atomic mass is 16.5. The number of nitrogens with one attached hydrogen (secondary N) is 2. The number of carbonyl (C=O) groups is 1. The van der Waals surface area contributed by atoms with E-state index in [9.17, 15) is 4.79 Å². The first-order valence-electron chi connectivity index (χ1n) is 6.70. The summed E-state index contributed by atoms with van der Waals surface area (Å²) in [7, 11) is 1.59. The van der Waals surface area contributed by atoms with Crippen molar-refractivity contribution in [2.75, 3.05) is 12.4 Å². The monoisotopic (exact) mass is 280 g/mol. The van der Waals surface area contributed by atoms with E-state index >= 15 is 0 Å². The number of anilines is 1. The lowest BCUT2D eigenvalue weighted by molar-refractivity contribution is 0.102. The van der Waals surface area contributed by atoms with Crippen molar-refractivity contribution < 1.29 is 9.53 Å². The summed E-state index contributed by atoms with van der Waals surface area (Å²) in [6.45, 7) is 1.98. The van der Waals surface area contributed by atoms with Gasteiger partial charge in [-0.25, -0.2) is 0 Å². The Kier molecular flexibility index (Phi) is 3.36. The fourth-order valence-electron chi connectivity index (χ4n) is 2.29. The van der Waals surface area contributed by atoms with Gasteiger partial charge in [0.15, 0.2) is 0 Å². The van der Waals surface area contributed by atoms with Crippen molar-refractivity contribution in [3.8, 4) is 5.75 Å². The number of rotatable bonds is 3. The average molecular weight is 280 g/mol. The molecular weight excluding hydrogens is 264 g/mol. The second kappa shape index (κ2) is 5.32. The SMILES string of the molecule is COc1cc(C)ccc1NC(=O)c1ccc2cc[nH]c2c1. The van der Waals surface area contributed by atoms with Crippen LogP contribution in [0.5, 0.6) is 5.75 Å². The fourth-order valence-corrected chi connectivity index (χ4v) is 2.29. The molecule has 0 fully saturated rings. The molecule has 4 nitrogen and oxygen atoms in total. The number of aromatic amines is 1. The molecule has 2 aromatic carbocycles. The van der Waals surface area contributed by atoms with Gasteiger partial charge < -0.3 is 15.0 Å². The number of methoxy groups -OCH3 is 1. The molecular formula is C17H16N2O2. The van der Waals surface area contributed by atoms with Crippen LogP contribution < -0.4 is 10.1 Å². The van der Waals surface area contributed by atoms with E-state index in [-0.39, 0.29) is 5.91 Å². The third-order valence-electron chi connectivity index (χ3n) is 3.42. The number of hydrogen-bond acceptors (Lipinski definition) is 2. The minimum atomic E-state index is -0.159. The zero-order valence-electron chi connectivity index (χ0n) is 11.9. The van der Waals surface area contributed by atoms with Crippen molar-refractivity contribution in [2.24, 2.45) is 0 Å². The van der Waals surface area contributed by atoms with Gasteiger partial charge in [-0.1, -0.05) is 12.1 Å². The molecule has 3 rings (SSSR count). The molecule has 2 N–H and O–H groups in total. The normalized spacial score (nSPS) is 10.6. The van der Waals surface area contributed by atoms with Crippen LogP contribution in [0, 0.1) is 6.92 Å². The van der Waals surface area contributed by atoms with Crippen molar-refractivity contribution in [3.05, 3.63) is 59.8 Å². The van der Waals surface area contributed by atoms with Gasteiger partial charge in [0.25, 0.3) is 5.91 Å². The third kappa shape index (κ3) is 2.60. The van der Waals surface area contributed by atoms with Crippen molar-refractivity contribution in [3.63, 3.8) is 0 Å². The van der Waals surface area contributed by atoms with Crippen LogP contribution in [0.2, 0.25) is 0 Å². The van der Waals surface area contributed by atoms with Gasteiger partial charge in [-0.05, 0) is 48.2 Å². The average Bonchev–Trinajstić information content (AvgIpc) is 2.96. The van der Waals surface area contributed by atoms with E-state index in [0.717, 1.165) is 16.5 Å². The Labute approximate surface area is 122 Å². The number of amides is 1. The molecule has 0 unspecified atom stereocenters. The molecule has 0 aliphatic heterocycles. The molecule has 0 bridgehead atoms. The Balaban J connectivity index is 1.88. The highest BCUT2D eigenvalue weighted by Gasteiger charge is 2.10. The van der Waals surface area contributed by atoms with E-state index in [0.29, 0.717) is 17.0 Å². The standard InChI is InChI=1S/C17H16N2O2/c1-11-3-6-14(16(9-11)21-2)19-17(20)13-5-4-12-7-8-18-15(12)10-13/h3-10,18H,1-2H3,(H,19,20). The van der Waals surface area contributed by atoms with Crippen LogP contribution in [0.3, 0.4) is 0 Å². The van der Waals surface area contributed by atoms with Gasteiger partial charge in [0.2, 0.25) is 0 Å². The van der Waals surface area contributed by atoms with Gasteiger partial charge in [0.1, 0.15) is 5.75 Å². The largest absolute Gasteiger partial charge is 0.495 e. The molecule has 0 aliphatic carbocycles. The summed E-state index contributed by atoms with van der Waals surface area (Å²) >= 11 is 0.